The molecule has 5 N–H and O–H groups in total. The summed E-state index contributed by atoms with van der Waals surface area (Å²) in [5.41, 5.74) is 9.70. The van der Waals surface area contributed by atoms with Crippen LogP contribution in [0.15, 0.2) is 67.1 Å². The van der Waals surface area contributed by atoms with E-state index in [1.54, 1.807) is 36.5 Å². The number of rotatable bonds is 6. The van der Waals surface area contributed by atoms with E-state index in [9.17, 15) is 9.59 Å². The molecule has 4 aromatic rings. The van der Waals surface area contributed by atoms with Gasteiger partial charge in [0, 0.05) is 42.9 Å². The Morgan fingerprint density at radius 1 is 0.944 bits per heavy atom. The van der Waals surface area contributed by atoms with Crippen LogP contribution in [0.4, 0.5) is 27.7 Å². The summed E-state index contributed by atoms with van der Waals surface area (Å²) in [6, 6.07) is 15.9. The zero-order valence-corrected chi connectivity index (χ0v) is 19.5. The van der Waals surface area contributed by atoms with Crippen LogP contribution < -0.4 is 21.7 Å². The normalized spacial score (nSPS) is 13.9. The second kappa shape index (κ2) is 10.4. The molecule has 3 amide bonds. The van der Waals surface area contributed by atoms with Crippen molar-refractivity contribution in [3.05, 3.63) is 78.2 Å². The number of nitrogens with zero attached hydrogens (tertiary/aromatic N) is 4. The van der Waals surface area contributed by atoms with Gasteiger partial charge in [-0.25, -0.2) is 14.3 Å². The lowest BCUT2D eigenvalue weighted by Gasteiger charge is -2.26. The van der Waals surface area contributed by atoms with E-state index in [2.05, 4.69) is 30.9 Å². The molecule has 0 spiro atoms. The van der Waals surface area contributed by atoms with Gasteiger partial charge < -0.3 is 26.4 Å². The maximum Gasteiger partial charge on any atom is 0.323 e. The lowest BCUT2D eigenvalue weighted by atomic mass is 10.2. The van der Waals surface area contributed by atoms with Crippen LogP contribution in [0.5, 0.6) is 0 Å². The number of fused-ring (bicyclic) bond motifs is 1. The van der Waals surface area contributed by atoms with Crippen molar-refractivity contribution in [2.24, 2.45) is 0 Å². The maximum atomic E-state index is 12.7. The number of anilines is 4. The molecule has 1 saturated heterocycles. The average molecular weight is 487 g/mol. The van der Waals surface area contributed by atoms with E-state index in [1.807, 2.05) is 24.3 Å². The Balaban J connectivity index is 1.17. The summed E-state index contributed by atoms with van der Waals surface area (Å²) in [7, 11) is 0. The fourth-order valence-electron chi connectivity index (χ4n) is 4.06. The van der Waals surface area contributed by atoms with Crippen LogP contribution in [0.2, 0.25) is 0 Å². The molecule has 1 aliphatic rings. The zero-order chi connectivity index (χ0) is 24.9. The SMILES string of the molecule is Nc1ncnn2ccc(C(=O)Nc3ccc(NC(=O)Nc4cccc(CN5CCOCC5)c4)cc3)c12. The van der Waals surface area contributed by atoms with Crippen molar-refractivity contribution in [3.63, 3.8) is 0 Å². The van der Waals surface area contributed by atoms with E-state index < -0.39 is 0 Å². The fraction of sp³-hybridized carbons (Fsp3) is 0.200. The van der Waals surface area contributed by atoms with Crippen LogP contribution >= 0.6 is 0 Å². The summed E-state index contributed by atoms with van der Waals surface area (Å²) < 4.78 is 6.90. The molecule has 0 aliphatic carbocycles. The minimum absolute atomic E-state index is 0.220. The van der Waals surface area contributed by atoms with E-state index in [1.165, 1.54) is 10.8 Å². The topological polar surface area (TPSA) is 139 Å². The summed E-state index contributed by atoms with van der Waals surface area (Å²) >= 11 is 0. The predicted molar refractivity (Wildman–Crippen MR) is 137 cm³/mol. The van der Waals surface area contributed by atoms with E-state index in [0.29, 0.717) is 28.1 Å². The molecule has 11 heteroatoms. The van der Waals surface area contributed by atoms with E-state index in [-0.39, 0.29) is 17.8 Å². The van der Waals surface area contributed by atoms with Crippen molar-refractivity contribution in [1.82, 2.24) is 19.5 Å². The molecule has 184 valence electrons. The van der Waals surface area contributed by atoms with Gasteiger partial charge in [-0.2, -0.15) is 5.10 Å². The highest BCUT2D eigenvalue weighted by Crippen LogP contribution is 2.20. The lowest BCUT2D eigenvalue weighted by molar-refractivity contribution is 0.0342. The van der Waals surface area contributed by atoms with Gasteiger partial charge in [0.15, 0.2) is 5.82 Å². The van der Waals surface area contributed by atoms with Crippen LogP contribution in [0.1, 0.15) is 15.9 Å². The molecule has 2 aromatic carbocycles. The van der Waals surface area contributed by atoms with Gasteiger partial charge in [-0.15, -0.1) is 0 Å². The third-order valence-corrected chi connectivity index (χ3v) is 5.82. The number of carbonyl (C=O) groups is 2. The summed E-state index contributed by atoms with van der Waals surface area (Å²) in [4.78, 5) is 31.5. The molecule has 0 unspecified atom stereocenters. The van der Waals surface area contributed by atoms with Crippen molar-refractivity contribution >= 4 is 40.3 Å². The molecule has 11 nitrogen and oxygen atoms in total. The Morgan fingerprint density at radius 2 is 1.67 bits per heavy atom. The number of hydrogen-bond acceptors (Lipinski definition) is 7. The first kappa shape index (κ1) is 23.3. The van der Waals surface area contributed by atoms with Crippen LogP contribution in [0.25, 0.3) is 5.52 Å². The van der Waals surface area contributed by atoms with Crippen LogP contribution in [-0.4, -0.2) is 57.7 Å². The largest absolute Gasteiger partial charge is 0.382 e. The number of nitrogens with one attached hydrogen (secondary N) is 3. The second-order valence-electron chi connectivity index (χ2n) is 8.37. The minimum Gasteiger partial charge on any atom is -0.382 e. The van der Waals surface area contributed by atoms with Crippen LogP contribution in [0, 0.1) is 0 Å². The third kappa shape index (κ3) is 5.43. The van der Waals surface area contributed by atoms with Crippen molar-refractivity contribution in [2.45, 2.75) is 6.54 Å². The van der Waals surface area contributed by atoms with Gasteiger partial charge in [0.1, 0.15) is 11.8 Å². The predicted octanol–water partition coefficient (Wildman–Crippen LogP) is 3.04. The lowest BCUT2D eigenvalue weighted by Crippen LogP contribution is -2.35. The monoisotopic (exact) mass is 486 g/mol. The average Bonchev–Trinajstić information content (AvgIpc) is 3.32. The van der Waals surface area contributed by atoms with Gasteiger partial charge in [0.05, 0.1) is 18.8 Å². The van der Waals surface area contributed by atoms with Gasteiger partial charge in [0.2, 0.25) is 0 Å². The Morgan fingerprint density at radius 3 is 2.44 bits per heavy atom. The zero-order valence-electron chi connectivity index (χ0n) is 19.5. The molecule has 1 aliphatic heterocycles. The highest BCUT2D eigenvalue weighted by molar-refractivity contribution is 6.10. The molecule has 1 fully saturated rings. The van der Waals surface area contributed by atoms with Gasteiger partial charge in [0.25, 0.3) is 5.91 Å². The number of hydrogen-bond donors (Lipinski definition) is 4. The Labute approximate surface area is 207 Å². The number of urea groups is 1. The van der Waals surface area contributed by atoms with Crippen molar-refractivity contribution in [2.75, 3.05) is 48.0 Å². The van der Waals surface area contributed by atoms with Crippen molar-refractivity contribution in [1.29, 1.82) is 0 Å². The number of carbonyl (C=O) groups excluding carboxylic acids is 2. The quantitative estimate of drug-likeness (QED) is 0.328. The molecule has 0 radical (unpaired) electrons. The first-order valence-electron chi connectivity index (χ1n) is 11.5. The van der Waals surface area contributed by atoms with Gasteiger partial charge in [-0.05, 0) is 48.0 Å². The smallest absolute Gasteiger partial charge is 0.323 e. The van der Waals surface area contributed by atoms with E-state index >= 15 is 0 Å². The number of nitrogen functional groups attached to an aromatic ring is 1. The molecular weight excluding hydrogens is 460 g/mol. The number of morpholine rings is 1. The number of ether oxygens (including phenoxy) is 1. The molecule has 36 heavy (non-hydrogen) atoms. The fourth-order valence-corrected chi connectivity index (χ4v) is 4.06. The molecule has 5 rings (SSSR count). The minimum atomic E-state index is -0.355. The summed E-state index contributed by atoms with van der Waals surface area (Å²) in [5, 5.41) is 12.5. The van der Waals surface area contributed by atoms with Gasteiger partial charge >= 0.3 is 6.03 Å². The first-order valence-corrected chi connectivity index (χ1v) is 11.5. The Hall–Kier alpha value is -4.48. The highest BCUT2D eigenvalue weighted by Gasteiger charge is 2.15. The molecule has 3 heterocycles. The van der Waals surface area contributed by atoms with Crippen LogP contribution in [-0.2, 0) is 11.3 Å². The summed E-state index contributed by atoms with van der Waals surface area (Å²) in [6.45, 7) is 4.11. The van der Waals surface area contributed by atoms with Gasteiger partial charge in [-0.3, -0.25) is 9.69 Å². The number of aromatic nitrogens is 3. The molecule has 0 bridgehead atoms. The van der Waals surface area contributed by atoms with Crippen molar-refractivity contribution < 1.29 is 14.3 Å². The summed E-state index contributed by atoms with van der Waals surface area (Å²) in [6.07, 6.45) is 2.97. The Bertz CT molecular complexity index is 1380. The van der Waals surface area contributed by atoms with Crippen molar-refractivity contribution in [3.8, 4) is 0 Å². The standard InChI is InChI=1S/C25H26N8O3/c26-23-22-21(8-9-33(22)28-16-27-23)24(34)29-18-4-6-19(7-5-18)30-25(35)31-20-3-1-2-17(14-20)15-32-10-12-36-13-11-32/h1-9,14,16H,10-13,15H2,(H,29,34)(H2,26,27,28)(H2,30,31,35). The maximum absolute atomic E-state index is 12.7. The first-order chi connectivity index (χ1) is 17.5. The molecule has 0 saturated carbocycles. The molecule has 0 atom stereocenters. The number of amides is 3. The van der Waals surface area contributed by atoms with E-state index in [4.69, 9.17) is 10.5 Å². The number of nitrogens with two attached hydrogens (primary N) is 1. The Kier molecular flexibility index (Phi) is 6.74. The molecular formula is C25H26N8O3. The van der Waals surface area contributed by atoms with Gasteiger partial charge in [-0.1, -0.05) is 12.1 Å². The summed E-state index contributed by atoms with van der Waals surface area (Å²) in [5.74, 6) is -0.119. The number of benzene rings is 2. The molecule has 2 aromatic heterocycles. The third-order valence-electron chi connectivity index (χ3n) is 5.82. The highest BCUT2D eigenvalue weighted by atomic mass is 16.5. The van der Waals surface area contributed by atoms with Crippen LogP contribution in [0.3, 0.4) is 0 Å². The second-order valence-corrected chi connectivity index (χ2v) is 8.37. The van der Waals surface area contributed by atoms with E-state index in [0.717, 1.165) is 38.4 Å².